The molecule has 0 bridgehead atoms. The van der Waals surface area contributed by atoms with Crippen LogP contribution in [-0.4, -0.2) is 28.1 Å². The largest absolute Gasteiger partial charge is 0.507 e. The van der Waals surface area contributed by atoms with Gasteiger partial charge in [-0.1, -0.05) is 35.9 Å². The van der Waals surface area contributed by atoms with Gasteiger partial charge in [0, 0.05) is 6.20 Å². The van der Waals surface area contributed by atoms with E-state index in [0.717, 1.165) is 10.8 Å². The molecule has 26 heavy (non-hydrogen) atoms. The van der Waals surface area contributed by atoms with E-state index in [2.05, 4.69) is 10.3 Å². The van der Waals surface area contributed by atoms with Gasteiger partial charge in [0.25, 0.3) is 5.91 Å². The van der Waals surface area contributed by atoms with Crippen molar-refractivity contribution in [1.29, 1.82) is 0 Å². The van der Waals surface area contributed by atoms with Gasteiger partial charge in [-0.25, -0.2) is 9.78 Å². The molecule has 3 aromatic rings. The molecule has 2 N–H and O–H groups in total. The predicted molar refractivity (Wildman–Crippen MR) is 98.4 cm³/mol. The Bertz CT molecular complexity index is 973. The zero-order chi connectivity index (χ0) is 18.7. The second-order valence-corrected chi connectivity index (χ2v) is 6.05. The third-order valence-electron chi connectivity index (χ3n) is 3.72. The molecular formula is C19H15ClN2O4. The Labute approximate surface area is 154 Å². The summed E-state index contributed by atoms with van der Waals surface area (Å²) in [5.41, 5.74) is -0.00651. The summed E-state index contributed by atoms with van der Waals surface area (Å²) in [4.78, 5) is 28.4. The number of phenolic OH excluding ortho intramolecular Hbond substituents is 1. The molecule has 1 heterocycles. The number of esters is 1. The van der Waals surface area contributed by atoms with E-state index in [0.29, 0.717) is 5.02 Å². The van der Waals surface area contributed by atoms with Crippen LogP contribution in [0.1, 0.15) is 17.3 Å². The summed E-state index contributed by atoms with van der Waals surface area (Å²) in [7, 11) is 0. The van der Waals surface area contributed by atoms with Crippen molar-refractivity contribution in [2.75, 3.05) is 5.32 Å². The first-order valence-corrected chi connectivity index (χ1v) is 8.17. The van der Waals surface area contributed by atoms with Gasteiger partial charge in [-0.05, 0) is 42.0 Å². The number of carbonyl (C=O) groups excluding carboxylic acids is 2. The summed E-state index contributed by atoms with van der Waals surface area (Å²) in [6.45, 7) is 1.43. The van der Waals surface area contributed by atoms with Gasteiger partial charge in [0.15, 0.2) is 6.10 Å². The average Bonchev–Trinajstić information content (AvgIpc) is 2.62. The molecule has 1 amide bonds. The molecule has 0 unspecified atom stereocenters. The summed E-state index contributed by atoms with van der Waals surface area (Å²) in [6, 6.07) is 13.4. The number of aromatic hydroxyl groups is 1. The van der Waals surface area contributed by atoms with Crippen molar-refractivity contribution in [2.45, 2.75) is 13.0 Å². The van der Waals surface area contributed by atoms with Crippen LogP contribution in [0.3, 0.4) is 0 Å². The third kappa shape index (κ3) is 3.92. The molecular weight excluding hydrogens is 356 g/mol. The van der Waals surface area contributed by atoms with E-state index in [1.807, 2.05) is 24.3 Å². The van der Waals surface area contributed by atoms with Crippen molar-refractivity contribution < 1.29 is 19.4 Å². The van der Waals surface area contributed by atoms with Gasteiger partial charge in [0.05, 0.1) is 5.02 Å². The van der Waals surface area contributed by atoms with Crippen molar-refractivity contribution in [3.8, 4) is 5.75 Å². The Kier molecular flexibility index (Phi) is 5.04. The number of pyridine rings is 1. The lowest BCUT2D eigenvalue weighted by atomic mass is 10.1. The lowest BCUT2D eigenvalue weighted by Gasteiger charge is -2.14. The molecule has 2 aromatic carbocycles. The van der Waals surface area contributed by atoms with E-state index in [1.54, 1.807) is 6.07 Å². The number of hydrogen-bond donors (Lipinski definition) is 2. The number of anilines is 1. The van der Waals surface area contributed by atoms with Gasteiger partial charge in [0.2, 0.25) is 0 Å². The van der Waals surface area contributed by atoms with Gasteiger partial charge in [-0.15, -0.1) is 0 Å². The quantitative estimate of drug-likeness (QED) is 0.682. The summed E-state index contributed by atoms with van der Waals surface area (Å²) in [6.07, 6.45) is 0.312. The molecule has 1 aromatic heterocycles. The minimum absolute atomic E-state index is 0.00651. The molecule has 0 saturated heterocycles. The van der Waals surface area contributed by atoms with Crippen LogP contribution < -0.4 is 5.32 Å². The van der Waals surface area contributed by atoms with E-state index in [1.165, 1.54) is 31.3 Å². The number of hydrogen-bond acceptors (Lipinski definition) is 5. The van der Waals surface area contributed by atoms with Crippen LogP contribution in [0.25, 0.3) is 10.8 Å². The number of rotatable bonds is 4. The van der Waals surface area contributed by atoms with Crippen molar-refractivity contribution in [3.05, 3.63) is 65.3 Å². The number of nitrogens with one attached hydrogen (secondary N) is 1. The highest BCUT2D eigenvalue weighted by Crippen LogP contribution is 2.26. The fourth-order valence-electron chi connectivity index (χ4n) is 2.35. The highest BCUT2D eigenvalue weighted by molar-refractivity contribution is 6.30. The van der Waals surface area contributed by atoms with Crippen LogP contribution in [0.2, 0.25) is 5.02 Å². The number of carbonyl (C=O) groups is 2. The van der Waals surface area contributed by atoms with Gasteiger partial charge in [0.1, 0.15) is 17.1 Å². The molecule has 0 saturated carbocycles. The number of benzene rings is 2. The summed E-state index contributed by atoms with van der Waals surface area (Å²) in [5, 5.41) is 14.6. The maximum absolute atomic E-state index is 12.3. The Hall–Kier alpha value is -3.12. The third-order valence-corrected chi connectivity index (χ3v) is 3.94. The molecule has 3 rings (SSSR count). The molecule has 0 fully saturated rings. The van der Waals surface area contributed by atoms with Crippen molar-refractivity contribution >= 4 is 40.1 Å². The predicted octanol–water partition coefficient (Wildman–Crippen LogP) is 3.78. The topological polar surface area (TPSA) is 88.5 Å². The van der Waals surface area contributed by atoms with Crippen LogP contribution in [0.4, 0.5) is 5.82 Å². The lowest BCUT2D eigenvalue weighted by molar-refractivity contribution is -0.123. The molecule has 6 nitrogen and oxygen atoms in total. The number of phenols is 1. The average molecular weight is 371 g/mol. The Morgan fingerprint density at radius 1 is 1.15 bits per heavy atom. The fraction of sp³-hybridized carbons (Fsp3) is 0.105. The number of fused-ring (bicyclic) bond motifs is 1. The molecule has 0 radical (unpaired) electrons. The first-order valence-electron chi connectivity index (χ1n) is 7.79. The summed E-state index contributed by atoms with van der Waals surface area (Å²) in [5.74, 6) is -1.26. The normalized spacial score (nSPS) is 11.8. The van der Waals surface area contributed by atoms with Crippen LogP contribution >= 0.6 is 11.6 Å². The molecule has 0 aliphatic rings. The van der Waals surface area contributed by atoms with Crippen LogP contribution in [0, 0.1) is 0 Å². The fourth-order valence-corrected chi connectivity index (χ4v) is 2.46. The van der Waals surface area contributed by atoms with Crippen molar-refractivity contribution in [2.24, 2.45) is 0 Å². The van der Waals surface area contributed by atoms with Crippen molar-refractivity contribution in [1.82, 2.24) is 4.98 Å². The SMILES string of the molecule is C[C@@H](OC(=O)c1cc2ccccc2cc1O)C(=O)Nc1ccc(Cl)cn1. The molecule has 0 aliphatic heterocycles. The number of halogens is 1. The first-order chi connectivity index (χ1) is 12.4. The van der Waals surface area contributed by atoms with E-state index >= 15 is 0 Å². The molecule has 0 aliphatic carbocycles. The number of nitrogens with zero attached hydrogens (tertiary/aromatic N) is 1. The van der Waals surface area contributed by atoms with Gasteiger partial charge < -0.3 is 15.2 Å². The minimum Gasteiger partial charge on any atom is -0.507 e. The van der Waals surface area contributed by atoms with Crippen LogP contribution in [0.15, 0.2) is 54.7 Å². The molecule has 1 atom stereocenters. The maximum atomic E-state index is 12.3. The number of aromatic nitrogens is 1. The summed E-state index contributed by atoms with van der Waals surface area (Å²) < 4.78 is 5.16. The molecule has 132 valence electrons. The highest BCUT2D eigenvalue weighted by atomic mass is 35.5. The Morgan fingerprint density at radius 2 is 1.85 bits per heavy atom. The number of ether oxygens (including phenoxy) is 1. The zero-order valence-electron chi connectivity index (χ0n) is 13.8. The smallest absolute Gasteiger partial charge is 0.342 e. The first kappa shape index (κ1) is 17.7. The second-order valence-electron chi connectivity index (χ2n) is 5.61. The standard InChI is InChI=1S/C19H15ClN2O4/c1-11(18(24)22-17-7-6-14(20)10-21-17)26-19(25)15-8-12-4-2-3-5-13(12)9-16(15)23/h2-11,23H,1H3,(H,21,22,24)/t11-/m1/s1. The second kappa shape index (κ2) is 7.41. The molecule has 0 spiro atoms. The van der Waals surface area contributed by atoms with Gasteiger partial charge in [-0.2, -0.15) is 0 Å². The van der Waals surface area contributed by atoms with Gasteiger partial charge in [-0.3, -0.25) is 4.79 Å². The van der Waals surface area contributed by atoms with E-state index in [4.69, 9.17) is 16.3 Å². The van der Waals surface area contributed by atoms with E-state index < -0.39 is 18.0 Å². The number of amides is 1. The van der Waals surface area contributed by atoms with Crippen LogP contribution in [-0.2, 0) is 9.53 Å². The summed E-state index contributed by atoms with van der Waals surface area (Å²) >= 11 is 5.74. The van der Waals surface area contributed by atoms with Crippen LogP contribution in [0.5, 0.6) is 5.75 Å². The Balaban J connectivity index is 1.71. The van der Waals surface area contributed by atoms with Gasteiger partial charge >= 0.3 is 5.97 Å². The van der Waals surface area contributed by atoms with Crippen molar-refractivity contribution in [3.63, 3.8) is 0 Å². The highest BCUT2D eigenvalue weighted by Gasteiger charge is 2.21. The zero-order valence-corrected chi connectivity index (χ0v) is 14.5. The maximum Gasteiger partial charge on any atom is 0.342 e. The Morgan fingerprint density at radius 3 is 2.50 bits per heavy atom. The van der Waals surface area contributed by atoms with E-state index in [9.17, 15) is 14.7 Å². The minimum atomic E-state index is -1.08. The molecule has 7 heteroatoms. The lowest BCUT2D eigenvalue weighted by Crippen LogP contribution is -2.30. The monoisotopic (exact) mass is 370 g/mol. The van der Waals surface area contributed by atoms with E-state index in [-0.39, 0.29) is 17.1 Å².